The van der Waals surface area contributed by atoms with Gasteiger partial charge in [-0.1, -0.05) is 12.2 Å². The number of rotatable bonds is 4. The molecule has 0 aromatic carbocycles. The Kier molecular flexibility index (Phi) is 3.93. The van der Waals surface area contributed by atoms with Crippen molar-refractivity contribution in [2.45, 2.75) is 20.4 Å². The van der Waals surface area contributed by atoms with Crippen molar-refractivity contribution >= 4 is 34.4 Å². The molecule has 0 amide bonds. The molecule has 0 radical (unpaired) electrons. The molecule has 0 spiro atoms. The van der Waals surface area contributed by atoms with E-state index in [1.807, 2.05) is 19.1 Å². The zero-order chi connectivity index (χ0) is 13.1. The van der Waals surface area contributed by atoms with Crippen molar-refractivity contribution < 1.29 is 0 Å². The molecule has 0 saturated carbocycles. The molecule has 0 unspecified atom stereocenters. The number of aryl methyl sites for hydroxylation is 2. The monoisotopic (exact) mass is 277 g/mol. The standard InChI is InChI=1S/C13H15N3S2/c1-8-5-6-18-11(8)7-15-13-10(12(14)17)4-3-9(2)16-13/h3-6H,7H2,1-2H3,(H2,14,17)(H,15,16). The summed E-state index contributed by atoms with van der Waals surface area (Å²) < 4.78 is 0. The summed E-state index contributed by atoms with van der Waals surface area (Å²) in [5.41, 5.74) is 8.73. The number of anilines is 1. The number of thiocarbonyl (C=S) groups is 1. The predicted octanol–water partition coefficient (Wildman–Crippen LogP) is 3.01. The van der Waals surface area contributed by atoms with Crippen LogP contribution < -0.4 is 11.1 Å². The van der Waals surface area contributed by atoms with Gasteiger partial charge in [-0.05, 0) is 43.0 Å². The highest BCUT2D eigenvalue weighted by molar-refractivity contribution is 7.80. The molecular weight excluding hydrogens is 262 g/mol. The smallest absolute Gasteiger partial charge is 0.136 e. The summed E-state index contributed by atoms with van der Waals surface area (Å²) in [5, 5.41) is 5.40. The third-order valence-corrected chi connectivity index (χ3v) is 3.93. The Morgan fingerprint density at radius 3 is 2.78 bits per heavy atom. The molecule has 0 bridgehead atoms. The number of hydrogen-bond acceptors (Lipinski definition) is 4. The Bertz CT molecular complexity index is 575. The van der Waals surface area contributed by atoms with E-state index in [9.17, 15) is 0 Å². The Morgan fingerprint density at radius 2 is 2.17 bits per heavy atom. The fourth-order valence-electron chi connectivity index (χ4n) is 1.64. The third kappa shape index (κ3) is 2.86. The van der Waals surface area contributed by atoms with Gasteiger partial charge >= 0.3 is 0 Å². The number of thiophene rings is 1. The molecule has 0 saturated heterocycles. The van der Waals surface area contributed by atoms with Crippen molar-refractivity contribution in [3.8, 4) is 0 Å². The minimum Gasteiger partial charge on any atom is -0.389 e. The Labute approximate surface area is 116 Å². The van der Waals surface area contributed by atoms with Gasteiger partial charge in [-0.15, -0.1) is 11.3 Å². The van der Waals surface area contributed by atoms with Crippen LogP contribution in [0.4, 0.5) is 5.82 Å². The second-order valence-electron chi connectivity index (χ2n) is 4.09. The van der Waals surface area contributed by atoms with E-state index >= 15 is 0 Å². The minimum absolute atomic E-state index is 0.368. The molecule has 0 fully saturated rings. The van der Waals surface area contributed by atoms with Crippen LogP contribution in [-0.2, 0) is 6.54 Å². The summed E-state index contributed by atoms with van der Waals surface area (Å²) in [6.45, 7) is 4.80. The summed E-state index contributed by atoms with van der Waals surface area (Å²) in [6.07, 6.45) is 0. The first kappa shape index (κ1) is 13.0. The molecule has 2 rings (SSSR count). The van der Waals surface area contributed by atoms with Crippen LogP contribution in [0.1, 0.15) is 21.7 Å². The Morgan fingerprint density at radius 1 is 1.39 bits per heavy atom. The van der Waals surface area contributed by atoms with Crippen molar-refractivity contribution in [1.29, 1.82) is 0 Å². The lowest BCUT2D eigenvalue weighted by atomic mass is 10.2. The largest absolute Gasteiger partial charge is 0.389 e. The van der Waals surface area contributed by atoms with E-state index in [4.69, 9.17) is 18.0 Å². The van der Waals surface area contributed by atoms with Crippen molar-refractivity contribution in [2.75, 3.05) is 5.32 Å². The molecular formula is C13H15N3S2. The van der Waals surface area contributed by atoms with E-state index < -0.39 is 0 Å². The van der Waals surface area contributed by atoms with E-state index in [1.54, 1.807) is 11.3 Å². The number of hydrogen-bond donors (Lipinski definition) is 2. The molecule has 18 heavy (non-hydrogen) atoms. The fourth-order valence-corrected chi connectivity index (χ4v) is 2.65. The van der Waals surface area contributed by atoms with Gasteiger partial charge in [0.15, 0.2) is 0 Å². The second kappa shape index (κ2) is 5.46. The molecule has 3 nitrogen and oxygen atoms in total. The van der Waals surface area contributed by atoms with Crippen molar-refractivity contribution in [3.63, 3.8) is 0 Å². The summed E-state index contributed by atoms with van der Waals surface area (Å²) in [4.78, 5) is 6.12. The molecule has 0 atom stereocenters. The molecule has 2 heterocycles. The lowest BCUT2D eigenvalue weighted by Gasteiger charge is -2.10. The Balaban J connectivity index is 2.20. The van der Waals surface area contributed by atoms with Crippen LogP contribution in [-0.4, -0.2) is 9.97 Å². The van der Waals surface area contributed by atoms with Crippen LogP contribution in [0.2, 0.25) is 0 Å². The van der Waals surface area contributed by atoms with E-state index in [2.05, 4.69) is 28.7 Å². The number of pyridine rings is 1. The molecule has 2 aromatic rings. The highest BCUT2D eigenvalue weighted by Crippen LogP contribution is 2.19. The maximum Gasteiger partial charge on any atom is 0.136 e. The van der Waals surface area contributed by atoms with Gasteiger partial charge in [-0.2, -0.15) is 0 Å². The van der Waals surface area contributed by atoms with Crippen LogP contribution >= 0.6 is 23.6 Å². The molecule has 2 aromatic heterocycles. The highest BCUT2D eigenvalue weighted by Gasteiger charge is 2.08. The van der Waals surface area contributed by atoms with Gasteiger partial charge in [0.1, 0.15) is 10.8 Å². The summed E-state index contributed by atoms with van der Waals surface area (Å²) in [5.74, 6) is 0.760. The normalized spacial score (nSPS) is 10.3. The second-order valence-corrected chi connectivity index (χ2v) is 5.53. The van der Waals surface area contributed by atoms with Gasteiger partial charge in [0.05, 0.1) is 12.1 Å². The first-order chi connectivity index (χ1) is 8.58. The predicted molar refractivity (Wildman–Crippen MR) is 81.2 cm³/mol. The van der Waals surface area contributed by atoms with Crippen LogP contribution in [0.5, 0.6) is 0 Å². The van der Waals surface area contributed by atoms with Gasteiger partial charge in [0.2, 0.25) is 0 Å². The lowest BCUT2D eigenvalue weighted by Crippen LogP contribution is -2.14. The third-order valence-electron chi connectivity index (χ3n) is 2.68. The van der Waals surface area contributed by atoms with E-state index in [1.165, 1.54) is 10.4 Å². The van der Waals surface area contributed by atoms with Gasteiger partial charge in [0.25, 0.3) is 0 Å². The van der Waals surface area contributed by atoms with Gasteiger partial charge in [0, 0.05) is 10.6 Å². The molecule has 94 valence electrons. The van der Waals surface area contributed by atoms with Crippen molar-refractivity contribution in [1.82, 2.24) is 4.98 Å². The average molecular weight is 277 g/mol. The quantitative estimate of drug-likeness (QED) is 0.844. The van der Waals surface area contributed by atoms with E-state index in [0.29, 0.717) is 4.99 Å². The zero-order valence-corrected chi connectivity index (χ0v) is 12.0. The van der Waals surface area contributed by atoms with Gasteiger partial charge in [-0.3, -0.25) is 0 Å². The van der Waals surface area contributed by atoms with Gasteiger partial charge in [-0.25, -0.2) is 4.98 Å². The number of nitrogens with zero attached hydrogens (tertiary/aromatic N) is 1. The number of nitrogens with two attached hydrogens (primary N) is 1. The van der Waals surface area contributed by atoms with E-state index in [-0.39, 0.29) is 0 Å². The maximum absolute atomic E-state index is 5.70. The fraction of sp³-hybridized carbons (Fsp3) is 0.231. The van der Waals surface area contributed by atoms with Gasteiger partial charge < -0.3 is 11.1 Å². The van der Waals surface area contributed by atoms with Crippen LogP contribution in [0.15, 0.2) is 23.6 Å². The molecule has 0 aliphatic heterocycles. The minimum atomic E-state index is 0.368. The molecule has 5 heteroatoms. The van der Waals surface area contributed by atoms with E-state index in [0.717, 1.165) is 23.6 Å². The summed E-state index contributed by atoms with van der Waals surface area (Å²) in [7, 11) is 0. The van der Waals surface area contributed by atoms with Crippen LogP contribution in [0, 0.1) is 13.8 Å². The summed E-state index contributed by atoms with van der Waals surface area (Å²) >= 11 is 6.77. The SMILES string of the molecule is Cc1ccc(C(N)=S)c(NCc2sccc2C)n1. The van der Waals surface area contributed by atoms with Crippen LogP contribution in [0.25, 0.3) is 0 Å². The maximum atomic E-state index is 5.70. The number of nitrogens with one attached hydrogen (secondary N) is 1. The molecule has 0 aliphatic carbocycles. The highest BCUT2D eigenvalue weighted by atomic mass is 32.1. The topological polar surface area (TPSA) is 50.9 Å². The average Bonchev–Trinajstić information content (AvgIpc) is 2.72. The number of aromatic nitrogens is 1. The molecule has 3 N–H and O–H groups in total. The lowest BCUT2D eigenvalue weighted by molar-refractivity contribution is 1.10. The van der Waals surface area contributed by atoms with Crippen molar-refractivity contribution in [2.24, 2.45) is 5.73 Å². The molecule has 0 aliphatic rings. The van der Waals surface area contributed by atoms with Crippen LogP contribution in [0.3, 0.4) is 0 Å². The van der Waals surface area contributed by atoms with Crippen molar-refractivity contribution in [3.05, 3.63) is 45.3 Å². The zero-order valence-electron chi connectivity index (χ0n) is 10.4. The first-order valence-electron chi connectivity index (χ1n) is 5.62. The summed E-state index contributed by atoms with van der Waals surface area (Å²) in [6, 6.07) is 5.93. The first-order valence-corrected chi connectivity index (χ1v) is 6.91. The Hall–Kier alpha value is -1.46.